The Morgan fingerprint density at radius 3 is 2.67 bits per heavy atom. The van der Waals surface area contributed by atoms with Gasteiger partial charge in [-0.1, -0.05) is 0 Å². The molecular weight excluding hydrogens is 228 g/mol. The fourth-order valence-electron chi connectivity index (χ4n) is 2.26. The van der Waals surface area contributed by atoms with Crippen LogP contribution in [0.5, 0.6) is 0 Å². The van der Waals surface area contributed by atoms with E-state index in [9.17, 15) is 0 Å². The second-order valence-corrected chi connectivity index (χ2v) is 4.95. The molecule has 0 bridgehead atoms. The van der Waals surface area contributed by atoms with Crippen molar-refractivity contribution in [2.75, 3.05) is 19.8 Å². The van der Waals surface area contributed by atoms with Gasteiger partial charge in [0, 0.05) is 31.6 Å². The maximum absolute atomic E-state index is 6.02. The molecule has 4 heteroatoms. The average molecular weight is 250 g/mol. The Labute approximate surface area is 108 Å². The zero-order valence-electron chi connectivity index (χ0n) is 10.9. The molecule has 1 aliphatic heterocycles. The summed E-state index contributed by atoms with van der Waals surface area (Å²) >= 11 is 0. The molecule has 1 saturated heterocycles. The van der Waals surface area contributed by atoms with Crippen molar-refractivity contribution >= 4 is 0 Å². The molecule has 0 aliphatic carbocycles. The number of rotatable bonds is 5. The standard InChI is InChI=1S/C14H22N2O2/c1-11(15)14(13-2-6-16-7-3-13)18-10-12-4-8-17-9-5-12/h2-3,6-7,11-12,14H,4-5,8-10,15H2,1H3. The highest BCUT2D eigenvalue weighted by molar-refractivity contribution is 5.14. The molecule has 1 fully saturated rings. The molecule has 1 aromatic heterocycles. The monoisotopic (exact) mass is 250 g/mol. The van der Waals surface area contributed by atoms with Crippen molar-refractivity contribution in [3.8, 4) is 0 Å². The lowest BCUT2D eigenvalue weighted by Crippen LogP contribution is -2.29. The molecule has 2 N–H and O–H groups in total. The van der Waals surface area contributed by atoms with Gasteiger partial charge in [0.1, 0.15) is 0 Å². The van der Waals surface area contributed by atoms with Crippen LogP contribution in [0.1, 0.15) is 31.4 Å². The van der Waals surface area contributed by atoms with Gasteiger partial charge in [-0.25, -0.2) is 0 Å². The summed E-state index contributed by atoms with van der Waals surface area (Å²) in [6, 6.07) is 3.92. The average Bonchev–Trinajstić information content (AvgIpc) is 2.41. The van der Waals surface area contributed by atoms with Crippen molar-refractivity contribution in [1.82, 2.24) is 4.98 Å². The topological polar surface area (TPSA) is 57.4 Å². The molecule has 4 nitrogen and oxygen atoms in total. The van der Waals surface area contributed by atoms with Crippen LogP contribution in [0.4, 0.5) is 0 Å². The largest absolute Gasteiger partial charge is 0.381 e. The lowest BCUT2D eigenvalue weighted by atomic mass is 10.0. The Bertz CT molecular complexity index is 337. The van der Waals surface area contributed by atoms with E-state index in [-0.39, 0.29) is 12.1 Å². The van der Waals surface area contributed by atoms with Crippen LogP contribution in [-0.2, 0) is 9.47 Å². The third-order valence-corrected chi connectivity index (χ3v) is 3.36. The van der Waals surface area contributed by atoms with Gasteiger partial charge in [0.2, 0.25) is 0 Å². The second-order valence-electron chi connectivity index (χ2n) is 4.95. The maximum atomic E-state index is 6.02. The number of aromatic nitrogens is 1. The second kappa shape index (κ2) is 6.83. The van der Waals surface area contributed by atoms with Crippen molar-refractivity contribution < 1.29 is 9.47 Å². The van der Waals surface area contributed by atoms with Crippen LogP contribution in [0.2, 0.25) is 0 Å². The molecular formula is C14H22N2O2. The van der Waals surface area contributed by atoms with Crippen molar-refractivity contribution in [3.05, 3.63) is 30.1 Å². The van der Waals surface area contributed by atoms with Gasteiger partial charge in [-0.05, 0) is 43.4 Å². The summed E-state index contributed by atoms with van der Waals surface area (Å²) in [5, 5.41) is 0. The van der Waals surface area contributed by atoms with Gasteiger partial charge in [0.25, 0.3) is 0 Å². The fourth-order valence-corrected chi connectivity index (χ4v) is 2.26. The van der Waals surface area contributed by atoms with Crippen LogP contribution >= 0.6 is 0 Å². The van der Waals surface area contributed by atoms with Gasteiger partial charge in [-0.2, -0.15) is 0 Å². The molecule has 2 rings (SSSR count). The minimum Gasteiger partial charge on any atom is -0.381 e. The van der Waals surface area contributed by atoms with Gasteiger partial charge < -0.3 is 15.2 Å². The summed E-state index contributed by atoms with van der Waals surface area (Å²) in [4.78, 5) is 4.02. The highest BCUT2D eigenvalue weighted by Crippen LogP contribution is 2.23. The van der Waals surface area contributed by atoms with E-state index in [1.165, 1.54) is 0 Å². The van der Waals surface area contributed by atoms with Crippen molar-refractivity contribution in [2.45, 2.75) is 31.9 Å². The van der Waals surface area contributed by atoms with Gasteiger partial charge in [0.15, 0.2) is 0 Å². The molecule has 0 amide bonds. The first kappa shape index (κ1) is 13.5. The quantitative estimate of drug-likeness (QED) is 0.867. The zero-order chi connectivity index (χ0) is 12.8. The lowest BCUT2D eigenvalue weighted by Gasteiger charge is -2.27. The Hall–Kier alpha value is -0.970. The Kier molecular flexibility index (Phi) is 5.11. The first-order valence-corrected chi connectivity index (χ1v) is 6.62. The SMILES string of the molecule is CC(N)C(OCC1CCOCC1)c1ccncc1. The van der Waals surface area contributed by atoms with Gasteiger partial charge >= 0.3 is 0 Å². The normalized spacial score (nSPS) is 20.6. The van der Waals surface area contributed by atoms with Crippen LogP contribution < -0.4 is 5.73 Å². The minimum atomic E-state index is -0.0455. The Balaban J connectivity index is 1.90. The van der Waals surface area contributed by atoms with E-state index >= 15 is 0 Å². The van der Waals surface area contributed by atoms with Gasteiger partial charge in [-0.15, -0.1) is 0 Å². The molecule has 1 aliphatic rings. The molecule has 0 saturated carbocycles. The van der Waals surface area contributed by atoms with Gasteiger partial charge in [-0.3, -0.25) is 4.98 Å². The number of nitrogens with zero attached hydrogens (tertiary/aromatic N) is 1. The molecule has 18 heavy (non-hydrogen) atoms. The van der Waals surface area contributed by atoms with Crippen LogP contribution in [0, 0.1) is 5.92 Å². The van der Waals surface area contributed by atoms with E-state index in [1.807, 2.05) is 19.1 Å². The third-order valence-electron chi connectivity index (χ3n) is 3.36. The summed E-state index contributed by atoms with van der Waals surface area (Å²) in [6.45, 7) is 4.45. The predicted molar refractivity (Wildman–Crippen MR) is 70.1 cm³/mol. The number of hydrogen-bond acceptors (Lipinski definition) is 4. The zero-order valence-corrected chi connectivity index (χ0v) is 10.9. The van der Waals surface area contributed by atoms with E-state index in [4.69, 9.17) is 15.2 Å². The first-order valence-electron chi connectivity index (χ1n) is 6.62. The summed E-state index contributed by atoms with van der Waals surface area (Å²) in [5.41, 5.74) is 7.12. The molecule has 0 radical (unpaired) electrons. The number of pyridine rings is 1. The summed E-state index contributed by atoms with van der Waals surface area (Å²) in [6.07, 6.45) is 5.69. The molecule has 1 aromatic rings. The number of hydrogen-bond donors (Lipinski definition) is 1. The maximum Gasteiger partial charge on any atom is 0.0974 e. The van der Waals surface area contributed by atoms with Crippen molar-refractivity contribution in [3.63, 3.8) is 0 Å². The summed E-state index contributed by atoms with van der Waals surface area (Å²) < 4.78 is 11.4. The van der Waals surface area contributed by atoms with Crippen molar-refractivity contribution in [2.24, 2.45) is 11.7 Å². The van der Waals surface area contributed by atoms with Crippen LogP contribution in [0.25, 0.3) is 0 Å². The number of nitrogens with two attached hydrogens (primary N) is 1. The molecule has 2 heterocycles. The van der Waals surface area contributed by atoms with E-state index in [1.54, 1.807) is 12.4 Å². The molecule has 0 spiro atoms. The van der Waals surface area contributed by atoms with E-state index < -0.39 is 0 Å². The third kappa shape index (κ3) is 3.77. The van der Waals surface area contributed by atoms with Gasteiger partial charge in [0.05, 0.1) is 12.7 Å². The minimum absolute atomic E-state index is 0.0211. The molecule has 2 atom stereocenters. The first-order chi connectivity index (χ1) is 8.77. The van der Waals surface area contributed by atoms with E-state index in [2.05, 4.69) is 4.98 Å². The predicted octanol–water partition coefficient (Wildman–Crippen LogP) is 1.91. The molecule has 100 valence electrons. The lowest BCUT2D eigenvalue weighted by molar-refractivity contribution is -0.0187. The fraction of sp³-hybridized carbons (Fsp3) is 0.643. The molecule has 0 aromatic carbocycles. The Morgan fingerprint density at radius 2 is 2.06 bits per heavy atom. The van der Waals surface area contributed by atoms with Crippen LogP contribution in [-0.4, -0.2) is 30.8 Å². The Morgan fingerprint density at radius 1 is 1.39 bits per heavy atom. The summed E-state index contributed by atoms with van der Waals surface area (Å²) in [5.74, 6) is 0.599. The number of ether oxygens (including phenoxy) is 2. The highest BCUT2D eigenvalue weighted by atomic mass is 16.5. The van der Waals surface area contributed by atoms with E-state index in [0.29, 0.717) is 5.92 Å². The van der Waals surface area contributed by atoms with Crippen LogP contribution in [0.15, 0.2) is 24.5 Å². The van der Waals surface area contributed by atoms with Crippen molar-refractivity contribution in [1.29, 1.82) is 0 Å². The summed E-state index contributed by atoms with van der Waals surface area (Å²) in [7, 11) is 0. The molecule has 2 unspecified atom stereocenters. The highest BCUT2D eigenvalue weighted by Gasteiger charge is 2.20. The van der Waals surface area contributed by atoms with E-state index in [0.717, 1.165) is 38.2 Å². The van der Waals surface area contributed by atoms with Crippen LogP contribution in [0.3, 0.4) is 0 Å². The smallest absolute Gasteiger partial charge is 0.0974 e.